The zero-order chi connectivity index (χ0) is 13.1. The van der Waals surface area contributed by atoms with Crippen LogP contribution in [0.4, 0.5) is 4.39 Å². The Morgan fingerprint density at radius 1 is 1.56 bits per heavy atom. The summed E-state index contributed by atoms with van der Waals surface area (Å²) in [5.41, 5.74) is 0.968. The van der Waals surface area contributed by atoms with Gasteiger partial charge in [-0.1, -0.05) is 17.7 Å². The zero-order valence-electron chi connectivity index (χ0n) is 10.7. The standard InChI is InChI=1S/C14H19ClFNO/c1-9-5-11(8-18-9)14(17-2)7-10-3-4-12(15)13(16)6-10/h3-4,6,9,11,14,17H,5,7-8H2,1-2H3. The first-order valence-corrected chi connectivity index (χ1v) is 6.70. The number of hydrogen-bond acceptors (Lipinski definition) is 2. The van der Waals surface area contributed by atoms with E-state index in [1.54, 1.807) is 6.07 Å². The Balaban J connectivity index is 2.03. The quantitative estimate of drug-likeness (QED) is 0.909. The van der Waals surface area contributed by atoms with Crippen LogP contribution in [-0.4, -0.2) is 25.8 Å². The number of rotatable bonds is 4. The molecule has 0 saturated carbocycles. The third-order valence-electron chi connectivity index (χ3n) is 3.61. The van der Waals surface area contributed by atoms with E-state index in [4.69, 9.17) is 16.3 Å². The van der Waals surface area contributed by atoms with Gasteiger partial charge in [0.15, 0.2) is 0 Å². The van der Waals surface area contributed by atoms with Gasteiger partial charge in [-0.25, -0.2) is 4.39 Å². The molecule has 1 heterocycles. The van der Waals surface area contributed by atoms with E-state index in [1.165, 1.54) is 6.07 Å². The molecule has 2 nitrogen and oxygen atoms in total. The predicted molar refractivity (Wildman–Crippen MR) is 71.5 cm³/mol. The van der Waals surface area contributed by atoms with E-state index >= 15 is 0 Å². The van der Waals surface area contributed by atoms with Crippen molar-refractivity contribution >= 4 is 11.6 Å². The van der Waals surface area contributed by atoms with Crippen molar-refractivity contribution in [2.75, 3.05) is 13.7 Å². The highest BCUT2D eigenvalue weighted by Crippen LogP contribution is 2.25. The summed E-state index contributed by atoms with van der Waals surface area (Å²) >= 11 is 5.69. The zero-order valence-corrected chi connectivity index (χ0v) is 11.5. The van der Waals surface area contributed by atoms with Gasteiger partial charge in [-0.3, -0.25) is 0 Å². The topological polar surface area (TPSA) is 21.3 Å². The van der Waals surface area contributed by atoms with Gasteiger partial charge in [-0.05, 0) is 44.5 Å². The molecule has 0 bridgehead atoms. The molecule has 1 aliphatic heterocycles. The maximum Gasteiger partial charge on any atom is 0.142 e. The Morgan fingerprint density at radius 3 is 2.89 bits per heavy atom. The second-order valence-electron chi connectivity index (χ2n) is 4.99. The summed E-state index contributed by atoms with van der Waals surface area (Å²) in [6, 6.07) is 5.34. The molecule has 2 rings (SSSR count). The summed E-state index contributed by atoms with van der Waals surface area (Å²) in [6.07, 6.45) is 2.18. The highest BCUT2D eigenvalue weighted by molar-refractivity contribution is 6.30. The van der Waals surface area contributed by atoms with E-state index in [2.05, 4.69) is 12.2 Å². The Morgan fingerprint density at radius 2 is 2.33 bits per heavy atom. The van der Waals surface area contributed by atoms with E-state index < -0.39 is 0 Å². The fourth-order valence-electron chi connectivity index (χ4n) is 2.56. The average molecular weight is 272 g/mol. The minimum Gasteiger partial charge on any atom is -0.378 e. The maximum absolute atomic E-state index is 13.4. The van der Waals surface area contributed by atoms with E-state index in [-0.39, 0.29) is 10.8 Å². The van der Waals surface area contributed by atoms with Gasteiger partial charge in [0, 0.05) is 12.0 Å². The van der Waals surface area contributed by atoms with Crippen LogP contribution >= 0.6 is 11.6 Å². The van der Waals surface area contributed by atoms with Crippen molar-refractivity contribution in [2.24, 2.45) is 5.92 Å². The smallest absolute Gasteiger partial charge is 0.142 e. The van der Waals surface area contributed by atoms with Crippen LogP contribution in [0, 0.1) is 11.7 Å². The second-order valence-corrected chi connectivity index (χ2v) is 5.39. The Kier molecular flexibility index (Phi) is 4.60. The van der Waals surface area contributed by atoms with Crippen molar-refractivity contribution in [1.82, 2.24) is 5.32 Å². The van der Waals surface area contributed by atoms with Crippen LogP contribution in [0.1, 0.15) is 18.9 Å². The SMILES string of the molecule is CNC(Cc1ccc(Cl)c(F)c1)C1COC(C)C1. The molecule has 0 aromatic heterocycles. The number of ether oxygens (including phenoxy) is 1. The number of halogens is 2. The van der Waals surface area contributed by atoms with Crippen molar-refractivity contribution in [1.29, 1.82) is 0 Å². The Labute approximate surface area is 112 Å². The van der Waals surface area contributed by atoms with Crippen molar-refractivity contribution < 1.29 is 9.13 Å². The van der Waals surface area contributed by atoms with Crippen LogP contribution in [0.15, 0.2) is 18.2 Å². The van der Waals surface area contributed by atoms with Gasteiger partial charge in [0.25, 0.3) is 0 Å². The number of likely N-dealkylation sites (N-methyl/N-ethyl adjacent to an activating group) is 1. The van der Waals surface area contributed by atoms with Crippen molar-refractivity contribution in [2.45, 2.75) is 31.9 Å². The lowest BCUT2D eigenvalue weighted by atomic mass is 9.91. The van der Waals surface area contributed by atoms with Crippen LogP contribution in [0.25, 0.3) is 0 Å². The molecule has 3 atom stereocenters. The summed E-state index contributed by atoms with van der Waals surface area (Å²) in [6.45, 7) is 2.87. The fourth-order valence-corrected chi connectivity index (χ4v) is 2.67. The maximum atomic E-state index is 13.4. The molecule has 0 aliphatic carbocycles. The summed E-state index contributed by atoms with van der Waals surface area (Å²) in [5, 5.41) is 3.49. The molecule has 1 N–H and O–H groups in total. The van der Waals surface area contributed by atoms with Gasteiger partial charge in [0.05, 0.1) is 17.7 Å². The lowest BCUT2D eigenvalue weighted by molar-refractivity contribution is 0.117. The summed E-state index contributed by atoms with van der Waals surface area (Å²) in [7, 11) is 1.94. The molecule has 0 amide bonds. The van der Waals surface area contributed by atoms with E-state index in [9.17, 15) is 4.39 Å². The number of hydrogen-bond donors (Lipinski definition) is 1. The minimum absolute atomic E-state index is 0.178. The highest BCUT2D eigenvalue weighted by atomic mass is 35.5. The van der Waals surface area contributed by atoms with E-state index in [0.717, 1.165) is 25.0 Å². The molecule has 1 saturated heterocycles. The molecule has 100 valence electrons. The minimum atomic E-state index is -0.347. The summed E-state index contributed by atoms with van der Waals surface area (Å²) in [5.74, 6) is 0.142. The van der Waals surface area contributed by atoms with Crippen molar-refractivity contribution in [3.63, 3.8) is 0 Å². The molecule has 1 aliphatic rings. The van der Waals surface area contributed by atoms with Gasteiger partial charge in [-0.15, -0.1) is 0 Å². The lowest BCUT2D eigenvalue weighted by Gasteiger charge is -2.22. The van der Waals surface area contributed by atoms with Crippen LogP contribution < -0.4 is 5.32 Å². The molecule has 1 aromatic carbocycles. The van der Waals surface area contributed by atoms with Crippen molar-refractivity contribution in [3.05, 3.63) is 34.6 Å². The van der Waals surface area contributed by atoms with Crippen LogP contribution in [0.2, 0.25) is 5.02 Å². The Bertz CT molecular complexity index is 413. The molecule has 0 spiro atoms. The first-order chi connectivity index (χ1) is 8.60. The van der Waals surface area contributed by atoms with E-state index in [1.807, 2.05) is 13.1 Å². The molecule has 3 unspecified atom stereocenters. The number of nitrogens with one attached hydrogen (secondary N) is 1. The van der Waals surface area contributed by atoms with Crippen LogP contribution in [0.3, 0.4) is 0 Å². The lowest BCUT2D eigenvalue weighted by Crippen LogP contribution is -2.36. The van der Waals surface area contributed by atoms with Gasteiger partial charge in [-0.2, -0.15) is 0 Å². The largest absolute Gasteiger partial charge is 0.378 e. The van der Waals surface area contributed by atoms with Crippen LogP contribution in [0.5, 0.6) is 0 Å². The summed E-state index contributed by atoms with van der Waals surface area (Å²) < 4.78 is 19.0. The molecule has 4 heteroatoms. The number of benzene rings is 1. The van der Waals surface area contributed by atoms with Gasteiger partial charge in [0.2, 0.25) is 0 Å². The third-order valence-corrected chi connectivity index (χ3v) is 3.92. The fraction of sp³-hybridized carbons (Fsp3) is 0.571. The molecule has 1 aromatic rings. The third kappa shape index (κ3) is 3.22. The molecule has 0 radical (unpaired) electrons. The Hall–Kier alpha value is -0.640. The highest BCUT2D eigenvalue weighted by Gasteiger charge is 2.28. The van der Waals surface area contributed by atoms with Crippen molar-refractivity contribution in [3.8, 4) is 0 Å². The normalized spacial score (nSPS) is 25.3. The molecular formula is C14H19ClFNO. The molecule has 1 fully saturated rings. The van der Waals surface area contributed by atoms with Crippen LogP contribution in [-0.2, 0) is 11.2 Å². The second kappa shape index (κ2) is 6.00. The molecular weight excluding hydrogens is 253 g/mol. The monoisotopic (exact) mass is 271 g/mol. The summed E-state index contributed by atoms with van der Waals surface area (Å²) in [4.78, 5) is 0. The van der Waals surface area contributed by atoms with E-state index in [0.29, 0.717) is 18.1 Å². The molecule has 18 heavy (non-hydrogen) atoms. The van der Waals surface area contributed by atoms with Gasteiger partial charge < -0.3 is 10.1 Å². The van der Waals surface area contributed by atoms with Gasteiger partial charge in [0.1, 0.15) is 5.82 Å². The van der Waals surface area contributed by atoms with Gasteiger partial charge >= 0.3 is 0 Å². The predicted octanol–water partition coefficient (Wildman–Crippen LogP) is 3.03. The first-order valence-electron chi connectivity index (χ1n) is 6.33. The average Bonchev–Trinajstić information content (AvgIpc) is 2.77. The first kappa shape index (κ1) is 13.8.